The van der Waals surface area contributed by atoms with Crippen molar-refractivity contribution in [2.75, 3.05) is 20.3 Å². The van der Waals surface area contributed by atoms with E-state index in [1.807, 2.05) is 24.5 Å². The summed E-state index contributed by atoms with van der Waals surface area (Å²) in [5, 5.41) is 17.3. The van der Waals surface area contributed by atoms with Gasteiger partial charge >= 0.3 is 5.97 Å². The highest BCUT2D eigenvalue weighted by Gasteiger charge is 2.38. The summed E-state index contributed by atoms with van der Waals surface area (Å²) in [7, 11) is 1.62. The van der Waals surface area contributed by atoms with Gasteiger partial charge in [-0.25, -0.2) is 13.6 Å². The van der Waals surface area contributed by atoms with E-state index >= 15 is 4.39 Å². The highest BCUT2D eigenvalue weighted by molar-refractivity contribution is 6.00. The summed E-state index contributed by atoms with van der Waals surface area (Å²) >= 11 is 0. The minimum Gasteiger partial charge on any atom is -0.479 e. The van der Waals surface area contributed by atoms with E-state index in [2.05, 4.69) is 10.2 Å². The number of aryl methyl sites for hydroxylation is 1. The normalized spacial score (nSPS) is 18.8. The quantitative estimate of drug-likeness (QED) is 0.374. The molecule has 0 amide bonds. The lowest BCUT2D eigenvalue weighted by atomic mass is 9.80. The zero-order chi connectivity index (χ0) is 25.8. The van der Waals surface area contributed by atoms with Crippen molar-refractivity contribution in [2.24, 2.45) is 0 Å². The van der Waals surface area contributed by atoms with Crippen molar-refractivity contribution < 1.29 is 28.2 Å². The van der Waals surface area contributed by atoms with Crippen molar-refractivity contribution in [3.63, 3.8) is 0 Å². The fourth-order valence-electron chi connectivity index (χ4n) is 5.53. The molecule has 3 heterocycles. The first-order chi connectivity index (χ1) is 17.1. The van der Waals surface area contributed by atoms with E-state index in [4.69, 9.17) is 9.47 Å². The van der Waals surface area contributed by atoms with Gasteiger partial charge in [-0.1, -0.05) is 13.8 Å². The molecular formula is C27H29F2N3O4. The molecule has 0 aliphatic carbocycles. The summed E-state index contributed by atoms with van der Waals surface area (Å²) < 4.78 is 43.8. The molecule has 36 heavy (non-hydrogen) atoms. The standard InChI is InChI=1S/C27H29F2N3O4/c1-14-9-17(6-7-18(14)28)32-19-10-16-11-30-31-24(16)23(29)22(19)21(25(32)27(2,3)13-35-4)15-5-8-20(26(33)34)36-12-15/h6-7,9-11,15,20H,5,8,12-13H2,1-4H3,(H,30,31)(H,33,34)/t15-,20+/m1/s1. The molecular weight excluding hydrogens is 468 g/mol. The Morgan fingerprint density at radius 3 is 2.72 bits per heavy atom. The Morgan fingerprint density at radius 2 is 2.08 bits per heavy atom. The predicted molar refractivity (Wildman–Crippen MR) is 132 cm³/mol. The van der Waals surface area contributed by atoms with Crippen molar-refractivity contribution in [2.45, 2.75) is 51.0 Å². The van der Waals surface area contributed by atoms with Gasteiger partial charge in [-0.3, -0.25) is 5.10 Å². The fourth-order valence-corrected chi connectivity index (χ4v) is 5.53. The zero-order valence-electron chi connectivity index (χ0n) is 20.7. The summed E-state index contributed by atoms with van der Waals surface area (Å²) in [5.41, 5.74) is 3.11. The van der Waals surface area contributed by atoms with Gasteiger partial charge < -0.3 is 19.1 Å². The van der Waals surface area contributed by atoms with E-state index < -0.39 is 23.3 Å². The molecule has 2 atom stereocenters. The summed E-state index contributed by atoms with van der Waals surface area (Å²) in [6, 6.07) is 6.74. The molecule has 1 fully saturated rings. The van der Waals surface area contributed by atoms with Crippen LogP contribution in [0.3, 0.4) is 0 Å². The third kappa shape index (κ3) is 3.87. The van der Waals surface area contributed by atoms with Gasteiger partial charge in [0.1, 0.15) is 11.3 Å². The molecule has 2 N–H and O–H groups in total. The van der Waals surface area contributed by atoms with E-state index in [9.17, 15) is 14.3 Å². The van der Waals surface area contributed by atoms with E-state index in [0.717, 1.165) is 11.3 Å². The Bertz CT molecular complexity index is 1470. The summed E-state index contributed by atoms with van der Waals surface area (Å²) in [4.78, 5) is 11.5. The average molecular weight is 498 g/mol. The van der Waals surface area contributed by atoms with Gasteiger partial charge in [0.05, 0.1) is 24.9 Å². The average Bonchev–Trinajstić information content (AvgIpc) is 3.45. The number of aromatic nitrogens is 3. The number of nitrogens with zero attached hydrogens (tertiary/aromatic N) is 2. The highest BCUT2D eigenvalue weighted by atomic mass is 19.1. The van der Waals surface area contributed by atoms with Crippen LogP contribution >= 0.6 is 0 Å². The maximum atomic E-state index is 16.2. The lowest BCUT2D eigenvalue weighted by Gasteiger charge is -2.32. The number of carboxylic acids is 1. The second kappa shape index (κ2) is 8.97. The fraction of sp³-hybridized carbons (Fsp3) is 0.407. The Balaban J connectivity index is 1.87. The first-order valence-corrected chi connectivity index (χ1v) is 11.9. The van der Waals surface area contributed by atoms with Gasteiger partial charge in [0.25, 0.3) is 0 Å². The number of ether oxygens (including phenoxy) is 2. The monoisotopic (exact) mass is 497 g/mol. The van der Waals surface area contributed by atoms with Gasteiger partial charge in [0.15, 0.2) is 11.9 Å². The second-order valence-electron chi connectivity index (χ2n) is 10.2. The van der Waals surface area contributed by atoms with Gasteiger partial charge in [-0.05, 0) is 55.2 Å². The number of fused-ring (bicyclic) bond motifs is 2. The predicted octanol–water partition coefficient (Wildman–Crippen LogP) is 5.36. The number of aromatic amines is 1. The van der Waals surface area contributed by atoms with Crippen LogP contribution in [0.5, 0.6) is 0 Å². The SMILES string of the molecule is COCC(C)(C)c1c([C@@H]2CC[C@@H](C(=O)O)OC2)c2c(F)c3[nH]ncc3cc2n1-c1ccc(F)c(C)c1. The largest absolute Gasteiger partial charge is 0.479 e. The van der Waals surface area contributed by atoms with Crippen LogP contribution in [0, 0.1) is 18.6 Å². The number of carboxylic acid groups (broad SMARTS) is 1. The third-order valence-corrected chi connectivity index (χ3v) is 7.15. The molecule has 5 rings (SSSR count). The number of aliphatic carboxylic acids is 1. The van der Waals surface area contributed by atoms with Crippen LogP contribution in [-0.4, -0.2) is 52.3 Å². The van der Waals surface area contributed by atoms with Gasteiger partial charge in [-0.15, -0.1) is 0 Å². The molecule has 9 heteroatoms. The molecule has 7 nitrogen and oxygen atoms in total. The summed E-state index contributed by atoms with van der Waals surface area (Å²) in [5.74, 6) is -1.99. The number of rotatable bonds is 6. The Hall–Kier alpha value is -3.30. The Morgan fingerprint density at radius 1 is 1.31 bits per heavy atom. The number of nitrogens with one attached hydrogen (secondary N) is 1. The molecule has 2 aromatic heterocycles. The maximum Gasteiger partial charge on any atom is 0.332 e. The number of carbonyl (C=O) groups is 1. The molecule has 190 valence electrons. The number of methoxy groups -OCH3 is 1. The van der Waals surface area contributed by atoms with Crippen LogP contribution in [-0.2, 0) is 19.7 Å². The van der Waals surface area contributed by atoms with Gasteiger partial charge in [0.2, 0.25) is 0 Å². The number of hydrogen-bond donors (Lipinski definition) is 2. The number of H-pyrrole nitrogens is 1. The molecule has 1 aliphatic rings. The molecule has 0 unspecified atom stereocenters. The molecule has 0 radical (unpaired) electrons. The highest BCUT2D eigenvalue weighted by Crippen LogP contribution is 2.46. The molecule has 1 saturated heterocycles. The van der Waals surface area contributed by atoms with E-state index in [-0.39, 0.29) is 18.3 Å². The van der Waals surface area contributed by atoms with Crippen LogP contribution < -0.4 is 0 Å². The van der Waals surface area contributed by atoms with Crippen molar-refractivity contribution in [3.8, 4) is 5.69 Å². The van der Waals surface area contributed by atoms with Crippen LogP contribution in [0.1, 0.15) is 49.4 Å². The smallest absolute Gasteiger partial charge is 0.332 e. The first kappa shape index (κ1) is 24.4. The molecule has 1 aliphatic heterocycles. The van der Waals surface area contributed by atoms with Crippen molar-refractivity contribution in [3.05, 3.63) is 58.9 Å². The molecule has 2 aromatic carbocycles. The first-order valence-electron chi connectivity index (χ1n) is 11.9. The van der Waals surface area contributed by atoms with E-state index in [1.54, 1.807) is 32.4 Å². The zero-order valence-corrected chi connectivity index (χ0v) is 20.7. The van der Waals surface area contributed by atoms with E-state index in [1.165, 1.54) is 6.07 Å². The summed E-state index contributed by atoms with van der Waals surface area (Å²) in [6.07, 6.45) is 1.54. The Kier molecular flexibility index (Phi) is 6.08. The topological polar surface area (TPSA) is 89.4 Å². The van der Waals surface area contributed by atoms with Crippen LogP contribution in [0.25, 0.3) is 27.5 Å². The number of halogens is 2. The molecule has 0 saturated carbocycles. The van der Waals surface area contributed by atoms with Crippen molar-refractivity contribution in [1.29, 1.82) is 0 Å². The molecule has 0 spiro atoms. The summed E-state index contributed by atoms with van der Waals surface area (Å²) in [6.45, 7) is 6.24. The molecule has 0 bridgehead atoms. The van der Waals surface area contributed by atoms with Crippen molar-refractivity contribution in [1.82, 2.24) is 14.8 Å². The minimum absolute atomic E-state index is 0.148. The molecule has 4 aromatic rings. The third-order valence-electron chi connectivity index (χ3n) is 7.15. The number of hydrogen-bond acceptors (Lipinski definition) is 4. The van der Waals surface area contributed by atoms with Crippen LogP contribution in [0.2, 0.25) is 0 Å². The maximum absolute atomic E-state index is 16.2. The number of benzene rings is 2. The van der Waals surface area contributed by atoms with Crippen molar-refractivity contribution >= 4 is 27.8 Å². The lowest BCUT2D eigenvalue weighted by molar-refractivity contribution is -0.153. The van der Waals surface area contributed by atoms with Crippen LogP contribution in [0.4, 0.5) is 8.78 Å². The second-order valence-corrected chi connectivity index (χ2v) is 10.2. The van der Waals surface area contributed by atoms with E-state index in [0.29, 0.717) is 52.5 Å². The van der Waals surface area contributed by atoms with Gasteiger partial charge in [-0.2, -0.15) is 5.10 Å². The minimum atomic E-state index is -0.997. The Labute approximate surface area is 207 Å². The lowest BCUT2D eigenvalue weighted by Crippen LogP contribution is -2.33. The van der Waals surface area contributed by atoms with Gasteiger partial charge in [0, 0.05) is 40.6 Å². The van der Waals surface area contributed by atoms with Crippen LogP contribution in [0.15, 0.2) is 30.5 Å².